The average molecular weight is 312 g/mol. The molecule has 0 bridgehead atoms. The minimum absolute atomic E-state index is 0.188. The van der Waals surface area contributed by atoms with Gasteiger partial charge in [-0.25, -0.2) is 4.98 Å². The summed E-state index contributed by atoms with van der Waals surface area (Å²) in [5, 5.41) is 10.9. The number of oxazole rings is 1. The van der Waals surface area contributed by atoms with Gasteiger partial charge in [-0.15, -0.1) is 11.3 Å². The Kier molecular flexibility index (Phi) is 4.08. The Hall–Kier alpha value is -2.78. The van der Waals surface area contributed by atoms with Gasteiger partial charge in [0.25, 0.3) is 0 Å². The van der Waals surface area contributed by atoms with Crippen LogP contribution in [-0.4, -0.2) is 12.1 Å². The van der Waals surface area contributed by atoms with Crippen molar-refractivity contribution in [1.82, 2.24) is 4.98 Å². The van der Waals surface area contributed by atoms with Gasteiger partial charge in [-0.3, -0.25) is 0 Å². The second kappa shape index (κ2) is 6.33. The van der Waals surface area contributed by atoms with Crippen LogP contribution in [-0.2, 0) is 6.61 Å². The minimum atomic E-state index is 0.188. The topological polar surface area (TPSA) is 68.3 Å². The Morgan fingerprint density at radius 2 is 2.23 bits per heavy atom. The molecule has 5 nitrogen and oxygen atoms in total. The number of ether oxygens (including phenoxy) is 2. The van der Waals surface area contributed by atoms with Crippen molar-refractivity contribution in [2.45, 2.75) is 6.61 Å². The lowest BCUT2D eigenvalue weighted by molar-refractivity contribution is 0.251. The van der Waals surface area contributed by atoms with E-state index in [4.69, 9.17) is 19.2 Å². The maximum absolute atomic E-state index is 8.88. The van der Waals surface area contributed by atoms with Gasteiger partial charge in [0.05, 0.1) is 29.8 Å². The summed E-state index contributed by atoms with van der Waals surface area (Å²) in [6.07, 6.45) is 1.68. The zero-order chi connectivity index (χ0) is 15.4. The summed E-state index contributed by atoms with van der Waals surface area (Å²) in [6, 6.07) is 11.0. The molecule has 2 heterocycles. The van der Waals surface area contributed by atoms with Crippen molar-refractivity contribution in [3.8, 4) is 28.2 Å². The summed E-state index contributed by atoms with van der Waals surface area (Å²) in [5.41, 5.74) is 0.514. The first-order chi connectivity index (χ1) is 10.8. The van der Waals surface area contributed by atoms with Crippen molar-refractivity contribution in [2.24, 2.45) is 0 Å². The van der Waals surface area contributed by atoms with Gasteiger partial charge in [-0.1, -0.05) is 6.07 Å². The van der Waals surface area contributed by atoms with E-state index in [1.54, 1.807) is 35.7 Å². The van der Waals surface area contributed by atoms with Gasteiger partial charge in [0.2, 0.25) is 5.89 Å². The van der Waals surface area contributed by atoms with E-state index >= 15 is 0 Å². The fourth-order valence-corrected chi connectivity index (χ4v) is 2.58. The molecular formula is C16H12N2O3S. The third-order valence-electron chi connectivity index (χ3n) is 2.96. The van der Waals surface area contributed by atoms with Crippen molar-refractivity contribution in [2.75, 3.05) is 7.11 Å². The molecule has 0 radical (unpaired) electrons. The summed E-state index contributed by atoms with van der Waals surface area (Å²) in [4.78, 5) is 5.22. The van der Waals surface area contributed by atoms with Crippen LogP contribution in [0.15, 0.2) is 46.3 Å². The Morgan fingerprint density at radius 3 is 2.95 bits per heavy atom. The highest BCUT2D eigenvalue weighted by Crippen LogP contribution is 2.29. The number of rotatable bonds is 5. The quantitative estimate of drug-likeness (QED) is 0.715. The van der Waals surface area contributed by atoms with E-state index in [0.29, 0.717) is 23.0 Å². The normalized spacial score (nSPS) is 10.2. The number of methoxy groups -OCH3 is 1. The van der Waals surface area contributed by atoms with E-state index in [9.17, 15) is 0 Å². The van der Waals surface area contributed by atoms with Crippen molar-refractivity contribution < 1.29 is 13.9 Å². The first-order valence-electron chi connectivity index (χ1n) is 6.49. The fourth-order valence-electron chi connectivity index (χ4n) is 1.91. The second-order valence-corrected chi connectivity index (χ2v) is 5.31. The van der Waals surface area contributed by atoms with E-state index in [1.165, 1.54) is 7.11 Å². The Bertz CT molecular complexity index is 803. The van der Waals surface area contributed by atoms with Crippen LogP contribution in [0.2, 0.25) is 0 Å². The van der Waals surface area contributed by atoms with E-state index in [2.05, 4.69) is 11.1 Å². The number of thiophene rings is 1. The van der Waals surface area contributed by atoms with Crippen LogP contribution >= 0.6 is 11.3 Å². The first kappa shape index (κ1) is 14.2. The van der Waals surface area contributed by atoms with Crippen LogP contribution in [0.1, 0.15) is 11.5 Å². The molecule has 0 atom stereocenters. The van der Waals surface area contributed by atoms with Gasteiger partial charge in [-0.2, -0.15) is 5.26 Å². The van der Waals surface area contributed by atoms with E-state index in [-0.39, 0.29) is 6.61 Å². The lowest BCUT2D eigenvalue weighted by atomic mass is 10.2. The van der Waals surface area contributed by atoms with Crippen LogP contribution in [0, 0.1) is 11.3 Å². The average Bonchev–Trinajstić information content (AvgIpc) is 3.23. The molecular weight excluding hydrogens is 300 g/mol. The van der Waals surface area contributed by atoms with Crippen LogP contribution < -0.4 is 9.47 Å². The largest absolute Gasteiger partial charge is 0.493 e. The Morgan fingerprint density at radius 1 is 1.32 bits per heavy atom. The smallest absolute Gasteiger partial charge is 0.232 e. The van der Waals surface area contributed by atoms with Gasteiger partial charge in [0.1, 0.15) is 0 Å². The highest BCUT2D eigenvalue weighted by Gasteiger charge is 2.10. The van der Waals surface area contributed by atoms with Crippen molar-refractivity contribution in [1.29, 1.82) is 5.26 Å². The predicted octanol–water partition coefficient (Wildman–Crippen LogP) is 3.86. The highest BCUT2D eigenvalue weighted by atomic mass is 32.1. The summed E-state index contributed by atoms with van der Waals surface area (Å²) in [6.45, 7) is 0.188. The molecule has 0 unspecified atom stereocenters. The molecule has 22 heavy (non-hydrogen) atoms. The Labute approximate surface area is 131 Å². The lowest BCUT2D eigenvalue weighted by Crippen LogP contribution is -1.98. The number of nitriles is 1. The van der Waals surface area contributed by atoms with Crippen LogP contribution in [0.4, 0.5) is 0 Å². The number of benzene rings is 1. The summed E-state index contributed by atoms with van der Waals surface area (Å²) >= 11 is 1.59. The van der Waals surface area contributed by atoms with Crippen LogP contribution in [0.3, 0.4) is 0 Å². The molecule has 2 aromatic heterocycles. The van der Waals surface area contributed by atoms with Gasteiger partial charge in [0, 0.05) is 6.07 Å². The molecule has 3 aromatic rings. The molecule has 0 aliphatic heterocycles. The van der Waals surface area contributed by atoms with E-state index in [1.807, 2.05) is 17.5 Å². The molecule has 0 saturated carbocycles. The molecule has 0 fully saturated rings. The number of hydrogen-bond acceptors (Lipinski definition) is 6. The number of nitrogens with zero attached hydrogens (tertiary/aromatic N) is 2. The molecule has 0 N–H and O–H groups in total. The molecule has 0 saturated heterocycles. The van der Waals surface area contributed by atoms with E-state index < -0.39 is 0 Å². The monoisotopic (exact) mass is 312 g/mol. The van der Waals surface area contributed by atoms with Crippen molar-refractivity contribution >= 4 is 11.3 Å². The molecule has 0 aliphatic carbocycles. The SMILES string of the molecule is COc1cc(C#N)ccc1OCc1ncc(-c2cccs2)o1. The van der Waals surface area contributed by atoms with Crippen molar-refractivity contribution in [3.63, 3.8) is 0 Å². The molecule has 110 valence electrons. The van der Waals surface area contributed by atoms with Gasteiger partial charge < -0.3 is 13.9 Å². The molecule has 0 spiro atoms. The van der Waals surface area contributed by atoms with Gasteiger partial charge in [0.15, 0.2) is 23.9 Å². The second-order valence-electron chi connectivity index (χ2n) is 4.36. The summed E-state index contributed by atoms with van der Waals surface area (Å²) < 4.78 is 16.5. The fraction of sp³-hybridized carbons (Fsp3) is 0.125. The number of hydrogen-bond donors (Lipinski definition) is 0. The zero-order valence-corrected chi connectivity index (χ0v) is 12.6. The maximum atomic E-state index is 8.88. The predicted molar refractivity (Wildman–Crippen MR) is 81.9 cm³/mol. The first-order valence-corrected chi connectivity index (χ1v) is 7.37. The minimum Gasteiger partial charge on any atom is -0.493 e. The van der Waals surface area contributed by atoms with E-state index in [0.717, 1.165) is 10.6 Å². The van der Waals surface area contributed by atoms with Crippen molar-refractivity contribution in [3.05, 3.63) is 53.4 Å². The molecule has 6 heteroatoms. The van der Waals surface area contributed by atoms with Gasteiger partial charge in [-0.05, 0) is 23.6 Å². The highest BCUT2D eigenvalue weighted by molar-refractivity contribution is 7.13. The third-order valence-corrected chi connectivity index (χ3v) is 3.85. The number of aromatic nitrogens is 1. The molecule has 1 aromatic carbocycles. The molecule has 0 aliphatic rings. The van der Waals surface area contributed by atoms with Crippen LogP contribution in [0.25, 0.3) is 10.6 Å². The van der Waals surface area contributed by atoms with Gasteiger partial charge >= 0.3 is 0 Å². The molecule has 0 amide bonds. The zero-order valence-electron chi connectivity index (χ0n) is 11.8. The summed E-state index contributed by atoms with van der Waals surface area (Å²) in [7, 11) is 1.53. The standard InChI is InChI=1S/C16H12N2O3S/c1-19-13-7-11(8-17)4-5-12(13)20-10-16-18-9-14(21-16)15-3-2-6-22-15/h2-7,9H,10H2,1H3. The lowest BCUT2D eigenvalue weighted by Gasteiger charge is -2.09. The third kappa shape index (κ3) is 2.95. The Balaban J connectivity index is 1.72. The summed E-state index contributed by atoms with van der Waals surface area (Å²) in [5.74, 6) is 2.25. The maximum Gasteiger partial charge on any atom is 0.232 e. The van der Waals surface area contributed by atoms with Crippen LogP contribution in [0.5, 0.6) is 11.5 Å². The molecule has 3 rings (SSSR count).